The minimum atomic E-state index is -0.790. The van der Waals surface area contributed by atoms with Gasteiger partial charge in [-0.25, -0.2) is 0 Å². The third kappa shape index (κ3) is 3.65. The zero-order valence-electron chi connectivity index (χ0n) is 17.7. The van der Waals surface area contributed by atoms with Crippen LogP contribution in [0.5, 0.6) is 17.2 Å². The summed E-state index contributed by atoms with van der Waals surface area (Å²) >= 11 is 0. The molecule has 0 spiro atoms. The number of amides is 1. The Morgan fingerprint density at radius 2 is 1.91 bits per heavy atom. The van der Waals surface area contributed by atoms with E-state index in [0.717, 1.165) is 5.56 Å². The van der Waals surface area contributed by atoms with Crippen LogP contribution in [-0.2, 0) is 16.1 Å². The van der Waals surface area contributed by atoms with Crippen LogP contribution < -0.4 is 14.2 Å². The summed E-state index contributed by atoms with van der Waals surface area (Å²) in [5, 5.41) is 11.2. The highest BCUT2D eigenvalue weighted by Crippen LogP contribution is 2.42. The molecule has 33 heavy (non-hydrogen) atoms. The number of hydrogen-bond acceptors (Lipinski definition) is 7. The Hall–Kier alpha value is -4.33. The van der Waals surface area contributed by atoms with E-state index in [1.54, 1.807) is 68.0 Å². The summed E-state index contributed by atoms with van der Waals surface area (Å²) in [6.45, 7) is 0.244. The van der Waals surface area contributed by atoms with E-state index < -0.39 is 17.7 Å². The Bertz CT molecular complexity index is 1250. The van der Waals surface area contributed by atoms with Gasteiger partial charge in [0.05, 0.1) is 18.7 Å². The molecule has 2 aliphatic rings. The van der Waals surface area contributed by atoms with Crippen LogP contribution in [-0.4, -0.2) is 40.6 Å². The van der Waals surface area contributed by atoms with Crippen LogP contribution in [0.25, 0.3) is 5.76 Å². The van der Waals surface area contributed by atoms with Gasteiger partial charge < -0.3 is 24.2 Å². The molecule has 0 radical (unpaired) electrons. The highest BCUT2D eigenvalue weighted by molar-refractivity contribution is 6.46. The molecule has 1 amide bonds. The molecule has 0 saturated carbocycles. The number of carbonyl (C=O) groups excluding carboxylic acids is 2. The van der Waals surface area contributed by atoms with Crippen molar-refractivity contribution in [3.05, 3.63) is 89.3 Å². The maximum absolute atomic E-state index is 13.2. The number of aliphatic hydroxyl groups is 1. The Morgan fingerprint density at radius 1 is 1.12 bits per heavy atom. The second-order valence-corrected chi connectivity index (χ2v) is 7.63. The second kappa shape index (κ2) is 8.31. The zero-order chi connectivity index (χ0) is 22.9. The quantitative estimate of drug-likeness (QED) is 0.366. The summed E-state index contributed by atoms with van der Waals surface area (Å²) < 4.78 is 16.0. The Balaban J connectivity index is 1.63. The molecular formula is C25H20N2O6. The van der Waals surface area contributed by atoms with E-state index in [1.165, 1.54) is 4.90 Å². The minimum Gasteiger partial charge on any atom is -0.507 e. The van der Waals surface area contributed by atoms with E-state index in [1.807, 2.05) is 6.07 Å². The van der Waals surface area contributed by atoms with Crippen molar-refractivity contribution in [1.82, 2.24) is 9.88 Å². The number of fused-ring (bicyclic) bond motifs is 1. The fourth-order valence-corrected chi connectivity index (χ4v) is 4.06. The normalized spacial score (nSPS) is 18.6. The summed E-state index contributed by atoms with van der Waals surface area (Å²) in [6, 6.07) is 14.7. The molecule has 2 aromatic carbocycles. The number of Topliss-reactive ketones (excluding diaryl/α,β-unsaturated/α-hetero) is 1. The van der Waals surface area contributed by atoms with Crippen molar-refractivity contribution in [1.29, 1.82) is 0 Å². The molecule has 8 nitrogen and oxygen atoms in total. The predicted octanol–water partition coefficient (Wildman–Crippen LogP) is 3.44. The van der Waals surface area contributed by atoms with Gasteiger partial charge in [-0.1, -0.05) is 18.2 Å². The van der Waals surface area contributed by atoms with Crippen LogP contribution in [0.3, 0.4) is 0 Å². The molecule has 8 heteroatoms. The topological polar surface area (TPSA) is 98.2 Å². The van der Waals surface area contributed by atoms with Crippen molar-refractivity contribution in [2.75, 3.05) is 13.9 Å². The molecular weight excluding hydrogens is 424 g/mol. The second-order valence-electron chi connectivity index (χ2n) is 7.63. The average molecular weight is 444 g/mol. The van der Waals surface area contributed by atoms with Crippen molar-refractivity contribution in [3.8, 4) is 17.2 Å². The number of rotatable bonds is 5. The maximum atomic E-state index is 13.2. The molecule has 1 N–H and O–H groups in total. The lowest BCUT2D eigenvalue weighted by Gasteiger charge is -2.25. The number of pyridine rings is 1. The largest absolute Gasteiger partial charge is 0.507 e. The molecule has 2 aliphatic heterocycles. The van der Waals surface area contributed by atoms with Crippen LogP contribution in [0.2, 0.25) is 0 Å². The number of methoxy groups -OCH3 is 1. The van der Waals surface area contributed by atoms with Crippen molar-refractivity contribution in [2.45, 2.75) is 12.6 Å². The monoisotopic (exact) mass is 444 g/mol. The number of nitrogens with zero attached hydrogens (tertiary/aromatic N) is 2. The molecule has 1 fully saturated rings. The highest BCUT2D eigenvalue weighted by Gasteiger charge is 2.46. The van der Waals surface area contributed by atoms with Gasteiger partial charge in [-0.2, -0.15) is 0 Å². The van der Waals surface area contributed by atoms with Gasteiger partial charge in [-0.15, -0.1) is 0 Å². The molecule has 3 heterocycles. The van der Waals surface area contributed by atoms with E-state index in [0.29, 0.717) is 28.4 Å². The van der Waals surface area contributed by atoms with Crippen molar-refractivity contribution in [3.63, 3.8) is 0 Å². The predicted molar refractivity (Wildman–Crippen MR) is 118 cm³/mol. The van der Waals surface area contributed by atoms with Crippen molar-refractivity contribution >= 4 is 17.4 Å². The molecule has 0 aliphatic carbocycles. The summed E-state index contributed by atoms with van der Waals surface area (Å²) in [4.78, 5) is 31.8. The van der Waals surface area contributed by atoms with Crippen LogP contribution in [0.4, 0.5) is 0 Å². The standard InChI is InChI=1S/C25H20N2O6/c1-31-18-7-4-16(5-8-18)22-21(23(28)17-6-9-19-20(11-17)33-14-32-19)24(29)25(30)27(22)13-15-3-2-10-26-12-15/h2-12,22,28H,13-14H2,1H3/b23-21-. The first-order chi connectivity index (χ1) is 16.1. The number of aliphatic hydroxyl groups excluding tert-OH is 1. The van der Waals surface area contributed by atoms with Crippen LogP contribution in [0.1, 0.15) is 22.7 Å². The molecule has 1 unspecified atom stereocenters. The van der Waals surface area contributed by atoms with Gasteiger partial charge in [-0.05, 0) is 47.5 Å². The SMILES string of the molecule is COc1ccc(C2/C(=C(/O)c3ccc4c(c3)OCO4)C(=O)C(=O)N2Cc2cccnc2)cc1. The van der Waals surface area contributed by atoms with Crippen LogP contribution in [0.15, 0.2) is 72.6 Å². The number of ether oxygens (including phenoxy) is 3. The van der Waals surface area contributed by atoms with Crippen molar-refractivity contribution < 1.29 is 28.9 Å². The van der Waals surface area contributed by atoms with Gasteiger partial charge in [0.2, 0.25) is 6.79 Å². The number of carbonyl (C=O) groups is 2. The smallest absolute Gasteiger partial charge is 0.295 e. The third-order valence-corrected chi connectivity index (χ3v) is 5.69. The lowest BCUT2D eigenvalue weighted by molar-refractivity contribution is -0.140. The molecule has 5 rings (SSSR count). The summed E-state index contributed by atoms with van der Waals surface area (Å²) in [5.41, 5.74) is 1.80. The molecule has 166 valence electrons. The first-order valence-corrected chi connectivity index (χ1v) is 10.3. The van der Waals surface area contributed by atoms with E-state index >= 15 is 0 Å². The van der Waals surface area contributed by atoms with E-state index in [2.05, 4.69) is 4.98 Å². The number of hydrogen-bond donors (Lipinski definition) is 1. The number of ketones is 1. The molecule has 1 aromatic heterocycles. The van der Waals surface area contributed by atoms with Gasteiger partial charge in [-0.3, -0.25) is 14.6 Å². The van der Waals surface area contributed by atoms with E-state index in [9.17, 15) is 14.7 Å². The average Bonchev–Trinajstić information content (AvgIpc) is 3.42. The fourth-order valence-electron chi connectivity index (χ4n) is 4.06. The molecule has 1 atom stereocenters. The first kappa shape index (κ1) is 20.6. The Labute approximate surface area is 189 Å². The van der Waals surface area contributed by atoms with Gasteiger partial charge >= 0.3 is 0 Å². The maximum Gasteiger partial charge on any atom is 0.295 e. The lowest BCUT2D eigenvalue weighted by Crippen LogP contribution is -2.29. The summed E-state index contributed by atoms with van der Waals surface area (Å²) in [7, 11) is 1.56. The molecule has 0 bridgehead atoms. The lowest BCUT2D eigenvalue weighted by atomic mass is 9.95. The van der Waals surface area contributed by atoms with Crippen molar-refractivity contribution in [2.24, 2.45) is 0 Å². The van der Waals surface area contributed by atoms with Gasteiger partial charge in [0.1, 0.15) is 11.5 Å². The Kier molecular flexibility index (Phi) is 5.18. The van der Waals surface area contributed by atoms with Gasteiger partial charge in [0.25, 0.3) is 11.7 Å². The summed E-state index contributed by atoms with van der Waals surface area (Å²) in [5.74, 6) is -0.0726. The van der Waals surface area contributed by atoms with Gasteiger partial charge in [0, 0.05) is 24.5 Å². The van der Waals surface area contributed by atoms with Crippen LogP contribution >= 0.6 is 0 Å². The zero-order valence-corrected chi connectivity index (χ0v) is 17.7. The third-order valence-electron chi connectivity index (χ3n) is 5.69. The number of benzene rings is 2. The number of aromatic nitrogens is 1. The van der Waals surface area contributed by atoms with E-state index in [4.69, 9.17) is 14.2 Å². The van der Waals surface area contributed by atoms with Crippen LogP contribution in [0, 0.1) is 0 Å². The number of likely N-dealkylation sites (tertiary alicyclic amines) is 1. The highest BCUT2D eigenvalue weighted by atomic mass is 16.7. The van der Waals surface area contributed by atoms with Gasteiger partial charge in [0.15, 0.2) is 11.5 Å². The minimum absolute atomic E-state index is 0.00734. The molecule has 1 saturated heterocycles. The fraction of sp³-hybridized carbons (Fsp3) is 0.160. The first-order valence-electron chi connectivity index (χ1n) is 10.3. The summed E-state index contributed by atoms with van der Waals surface area (Å²) in [6.07, 6.45) is 3.28. The molecule has 3 aromatic rings. The Morgan fingerprint density at radius 3 is 2.64 bits per heavy atom. The van der Waals surface area contributed by atoms with E-state index in [-0.39, 0.29) is 24.7 Å².